The maximum Gasteiger partial charge on any atom is 0.124 e. The molecule has 0 fully saturated rings. The molecule has 20 heavy (non-hydrogen) atoms. The number of nitrogens with zero attached hydrogens (tertiary/aromatic N) is 1. The van der Waals surface area contributed by atoms with E-state index in [1.165, 1.54) is 0 Å². The van der Waals surface area contributed by atoms with E-state index in [1.807, 2.05) is 36.5 Å². The molecular weight excluding hydrogens is 272 g/mol. The van der Waals surface area contributed by atoms with E-state index < -0.39 is 0 Å². The highest BCUT2D eigenvalue weighted by molar-refractivity contribution is 6.30. The van der Waals surface area contributed by atoms with Gasteiger partial charge in [0.05, 0.1) is 0 Å². The van der Waals surface area contributed by atoms with Crippen molar-refractivity contribution in [3.8, 4) is 5.75 Å². The minimum atomic E-state index is 0.483. The van der Waals surface area contributed by atoms with Crippen molar-refractivity contribution < 1.29 is 4.74 Å². The highest BCUT2D eigenvalue weighted by atomic mass is 35.5. The summed E-state index contributed by atoms with van der Waals surface area (Å²) in [5.41, 5.74) is 2.17. The van der Waals surface area contributed by atoms with Crippen LogP contribution in [0.1, 0.15) is 11.1 Å². The van der Waals surface area contributed by atoms with Crippen molar-refractivity contribution in [2.75, 3.05) is 6.61 Å². The van der Waals surface area contributed by atoms with Crippen molar-refractivity contribution >= 4 is 11.6 Å². The van der Waals surface area contributed by atoms with Gasteiger partial charge in [-0.15, -0.1) is 0 Å². The number of benzene rings is 1. The molecule has 3 nitrogen and oxygen atoms in total. The van der Waals surface area contributed by atoms with Crippen LogP contribution < -0.4 is 10.1 Å². The lowest BCUT2D eigenvalue weighted by Gasteiger charge is -2.11. The summed E-state index contributed by atoms with van der Waals surface area (Å²) in [6.07, 6.45) is 5.34. The molecule has 0 spiro atoms. The Labute approximate surface area is 124 Å². The van der Waals surface area contributed by atoms with E-state index in [0.29, 0.717) is 18.2 Å². The average molecular weight is 289 g/mol. The lowest BCUT2D eigenvalue weighted by Crippen LogP contribution is -2.13. The second-order valence-corrected chi connectivity index (χ2v) is 4.75. The number of hydrogen-bond donors (Lipinski definition) is 1. The Kier molecular flexibility index (Phi) is 5.59. The molecule has 0 aliphatic carbocycles. The Balaban J connectivity index is 1.97. The molecule has 0 aliphatic rings. The van der Waals surface area contributed by atoms with Crippen LogP contribution in [0.15, 0.2) is 55.4 Å². The zero-order valence-electron chi connectivity index (χ0n) is 11.2. The van der Waals surface area contributed by atoms with E-state index in [1.54, 1.807) is 12.3 Å². The topological polar surface area (TPSA) is 34.1 Å². The molecule has 1 heterocycles. The van der Waals surface area contributed by atoms with Gasteiger partial charge in [0.25, 0.3) is 0 Å². The van der Waals surface area contributed by atoms with Crippen LogP contribution in [0.5, 0.6) is 5.75 Å². The molecule has 0 saturated heterocycles. The highest BCUT2D eigenvalue weighted by Crippen LogP contribution is 2.23. The molecule has 1 N–H and O–H groups in total. The molecule has 2 aromatic rings. The fraction of sp³-hybridized carbons (Fsp3) is 0.188. The molecule has 2 rings (SSSR count). The van der Waals surface area contributed by atoms with E-state index in [-0.39, 0.29) is 0 Å². The van der Waals surface area contributed by atoms with Crippen LogP contribution in [0.25, 0.3) is 0 Å². The molecule has 0 radical (unpaired) electrons. The molecule has 0 unspecified atom stereocenters. The Morgan fingerprint density at radius 3 is 2.95 bits per heavy atom. The monoisotopic (exact) mass is 288 g/mol. The van der Waals surface area contributed by atoms with Gasteiger partial charge in [-0.3, -0.25) is 4.98 Å². The fourth-order valence-electron chi connectivity index (χ4n) is 1.82. The third kappa shape index (κ3) is 4.37. The molecule has 0 aliphatic heterocycles. The molecular formula is C16H17ClN2O. The van der Waals surface area contributed by atoms with Gasteiger partial charge < -0.3 is 10.1 Å². The molecule has 1 aromatic heterocycles. The highest BCUT2D eigenvalue weighted by Gasteiger charge is 2.04. The Morgan fingerprint density at radius 2 is 2.20 bits per heavy atom. The Bertz CT molecular complexity index is 558. The van der Waals surface area contributed by atoms with Crippen molar-refractivity contribution in [1.29, 1.82) is 0 Å². The Hall–Kier alpha value is -1.84. The van der Waals surface area contributed by atoms with Crippen molar-refractivity contribution in [3.63, 3.8) is 0 Å². The summed E-state index contributed by atoms with van der Waals surface area (Å²) in [5, 5.41) is 4.06. The zero-order chi connectivity index (χ0) is 14.2. The number of hydrogen-bond acceptors (Lipinski definition) is 3. The van der Waals surface area contributed by atoms with E-state index >= 15 is 0 Å². The van der Waals surface area contributed by atoms with E-state index in [2.05, 4.69) is 16.9 Å². The second-order valence-electron chi connectivity index (χ2n) is 4.32. The number of pyridine rings is 1. The smallest absolute Gasteiger partial charge is 0.124 e. The van der Waals surface area contributed by atoms with Gasteiger partial charge in [0.15, 0.2) is 0 Å². The molecule has 0 atom stereocenters. The van der Waals surface area contributed by atoms with Crippen LogP contribution in [0.3, 0.4) is 0 Å². The van der Waals surface area contributed by atoms with Crippen molar-refractivity contribution in [1.82, 2.24) is 10.3 Å². The van der Waals surface area contributed by atoms with Crippen molar-refractivity contribution in [2.45, 2.75) is 13.1 Å². The third-order valence-electron chi connectivity index (χ3n) is 2.75. The maximum atomic E-state index is 6.03. The van der Waals surface area contributed by atoms with Crippen LogP contribution >= 0.6 is 11.6 Å². The number of rotatable bonds is 7. The van der Waals surface area contributed by atoms with Gasteiger partial charge in [0.2, 0.25) is 0 Å². The summed E-state index contributed by atoms with van der Waals surface area (Å²) < 4.78 is 5.62. The summed E-state index contributed by atoms with van der Waals surface area (Å²) in [5.74, 6) is 0.827. The average Bonchev–Trinajstić information content (AvgIpc) is 2.47. The zero-order valence-corrected chi connectivity index (χ0v) is 11.9. The summed E-state index contributed by atoms with van der Waals surface area (Å²) in [4.78, 5) is 4.09. The number of halogens is 1. The minimum absolute atomic E-state index is 0.483. The number of nitrogens with one attached hydrogen (secondary N) is 1. The second kappa shape index (κ2) is 7.68. The number of aromatic nitrogens is 1. The van der Waals surface area contributed by atoms with E-state index in [4.69, 9.17) is 16.3 Å². The van der Waals surface area contributed by atoms with Crippen LogP contribution in [0, 0.1) is 0 Å². The molecule has 0 saturated carbocycles. The largest absolute Gasteiger partial charge is 0.489 e. The van der Waals surface area contributed by atoms with Crippen LogP contribution in [0.2, 0.25) is 5.02 Å². The first-order valence-corrected chi connectivity index (χ1v) is 6.79. The molecule has 1 aromatic carbocycles. The lowest BCUT2D eigenvalue weighted by atomic mass is 10.2. The normalized spacial score (nSPS) is 10.2. The summed E-state index contributed by atoms with van der Waals surface area (Å²) in [6.45, 7) is 5.57. The van der Waals surface area contributed by atoms with Gasteiger partial charge in [-0.05, 0) is 29.8 Å². The first-order valence-electron chi connectivity index (χ1n) is 6.41. The first kappa shape index (κ1) is 14.6. The SMILES string of the molecule is C=CCOc1ccc(Cl)cc1CNCc1cccnc1. The van der Waals surface area contributed by atoms with Crippen LogP contribution in [-0.4, -0.2) is 11.6 Å². The molecule has 4 heteroatoms. The van der Waals surface area contributed by atoms with Gasteiger partial charge in [-0.25, -0.2) is 0 Å². The summed E-state index contributed by atoms with van der Waals surface area (Å²) in [7, 11) is 0. The standard InChI is InChI=1S/C16H17ClN2O/c1-2-8-20-16-6-5-15(17)9-14(16)12-19-11-13-4-3-7-18-10-13/h2-7,9-10,19H,1,8,11-12H2. The van der Waals surface area contributed by atoms with Crippen LogP contribution in [0.4, 0.5) is 0 Å². The quantitative estimate of drug-likeness (QED) is 0.791. The fourth-order valence-corrected chi connectivity index (χ4v) is 2.01. The predicted octanol–water partition coefficient (Wildman–Crippen LogP) is 3.59. The van der Waals surface area contributed by atoms with Gasteiger partial charge in [-0.1, -0.05) is 30.3 Å². The van der Waals surface area contributed by atoms with E-state index in [9.17, 15) is 0 Å². The van der Waals surface area contributed by atoms with Gasteiger partial charge in [-0.2, -0.15) is 0 Å². The molecule has 0 bridgehead atoms. The lowest BCUT2D eigenvalue weighted by molar-refractivity contribution is 0.358. The number of ether oxygens (including phenoxy) is 1. The molecule has 104 valence electrons. The van der Waals surface area contributed by atoms with E-state index in [0.717, 1.165) is 23.4 Å². The van der Waals surface area contributed by atoms with Gasteiger partial charge in [0, 0.05) is 36.1 Å². The van der Waals surface area contributed by atoms with Crippen LogP contribution in [-0.2, 0) is 13.1 Å². The first-order chi connectivity index (χ1) is 9.79. The predicted molar refractivity (Wildman–Crippen MR) is 81.9 cm³/mol. The van der Waals surface area contributed by atoms with Gasteiger partial charge >= 0.3 is 0 Å². The minimum Gasteiger partial charge on any atom is -0.489 e. The molecule has 0 amide bonds. The van der Waals surface area contributed by atoms with Crippen molar-refractivity contribution in [2.24, 2.45) is 0 Å². The third-order valence-corrected chi connectivity index (χ3v) is 2.98. The maximum absolute atomic E-state index is 6.03. The Morgan fingerprint density at radius 1 is 1.30 bits per heavy atom. The van der Waals surface area contributed by atoms with Crippen molar-refractivity contribution in [3.05, 3.63) is 71.5 Å². The summed E-state index contributed by atoms with van der Waals surface area (Å²) >= 11 is 6.03. The van der Waals surface area contributed by atoms with Gasteiger partial charge in [0.1, 0.15) is 12.4 Å². The summed E-state index contributed by atoms with van der Waals surface area (Å²) in [6, 6.07) is 9.58.